The van der Waals surface area contributed by atoms with Gasteiger partial charge in [0, 0.05) is 18.5 Å². The normalized spacial score (nSPS) is 10.1. The molecule has 6 heteroatoms. The second kappa shape index (κ2) is 3.87. The number of aromatic carboxylic acids is 1. The van der Waals surface area contributed by atoms with Crippen molar-refractivity contribution in [1.29, 1.82) is 0 Å². The minimum Gasteiger partial charge on any atom is -0.476 e. The zero-order valence-electron chi connectivity index (χ0n) is 7.75. The first-order chi connectivity index (χ1) is 7.25. The number of hydrogen-bond donors (Lipinski definition) is 2. The first-order valence-corrected chi connectivity index (χ1v) is 4.31. The van der Waals surface area contributed by atoms with Crippen LogP contribution in [0, 0.1) is 0 Å². The predicted molar refractivity (Wildman–Crippen MR) is 51.0 cm³/mol. The van der Waals surface area contributed by atoms with Crippen LogP contribution >= 0.6 is 0 Å². The van der Waals surface area contributed by atoms with Crippen molar-refractivity contribution in [2.24, 2.45) is 0 Å². The van der Waals surface area contributed by atoms with Crippen molar-refractivity contribution < 1.29 is 14.4 Å². The van der Waals surface area contributed by atoms with E-state index in [4.69, 9.17) is 9.63 Å². The monoisotopic (exact) mass is 207 g/mol. The predicted octanol–water partition coefficient (Wildman–Crippen LogP) is 0.918. The van der Waals surface area contributed by atoms with Gasteiger partial charge in [0.1, 0.15) is 0 Å². The van der Waals surface area contributed by atoms with Gasteiger partial charge in [0.25, 0.3) is 0 Å². The molecule has 2 aromatic rings. The fourth-order valence-corrected chi connectivity index (χ4v) is 1.11. The van der Waals surface area contributed by atoms with E-state index in [1.807, 2.05) is 24.5 Å². The Morgan fingerprint density at radius 3 is 2.87 bits per heavy atom. The van der Waals surface area contributed by atoms with Gasteiger partial charge in [0.2, 0.25) is 0 Å². The van der Waals surface area contributed by atoms with Gasteiger partial charge < -0.3 is 15.1 Å². The fourth-order valence-electron chi connectivity index (χ4n) is 1.11. The molecule has 0 aliphatic heterocycles. The molecule has 0 fully saturated rings. The van der Waals surface area contributed by atoms with Crippen LogP contribution in [0.15, 0.2) is 35.1 Å². The zero-order chi connectivity index (χ0) is 10.7. The van der Waals surface area contributed by atoms with E-state index in [0.717, 1.165) is 0 Å². The summed E-state index contributed by atoms with van der Waals surface area (Å²) in [5.74, 6) is -0.618. The summed E-state index contributed by atoms with van der Waals surface area (Å²) in [6.07, 6.45) is 3.66. The van der Waals surface area contributed by atoms with Crippen molar-refractivity contribution in [1.82, 2.24) is 9.83 Å². The van der Waals surface area contributed by atoms with Crippen molar-refractivity contribution in [2.45, 2.75) is 6.54 Å². The van der Waals surface area contributed by atoms with Crippen LogP contribution in [0.1, 0.15) is 16.2 Å². The van der Waals surface area contributed by atoms with E-state index >= 15 is 0 Å². The molecule has 78 valence electrons. The maximum Gasteiger partial charge on any atom is 0.358 e. The molecule has 2 rings (SSSR count). The highest BCUT2D eigenvalue weighted by molar-refractivity contribution is 5.85. The third-order valence-corrected chi connectivity index (χ3v) is 1.82. The lowest BCUT2D eigenvalue weighted by Crippen LogP contribution is -2.11. The Hall–Kier alpha value is -2.24. The van der Waals surface area contributed by atoms with E-state index in [-0.39, 0.29) is 5.69 Å². The summed E-state index contributed by atoms with van der Waals surface area (Å²) < 4.78 is 6.56. The number of nitrogens with zero attached hydrogens (tertiary/aromatic N) is 2. The Kier molecular flexibility index (Phi) is 2.40. The number of carboxylic acid groups (broad SMARTS) is 1. The zero-order valence-corrected chi connectivity index (χ0v) is 7.75. The van der Waals surface area contributed by atoms with Crippen molar-refractivity contribution in [3.8, 4) is 0 Å². The summed E-state index contributed by atoms with van der Waals surface area (Å²) in [6, 6.07) is 5.13. The van der Waals surface area contributed by atoms with Gasteiger partial charge in [-0.05, 0) is 12.1 Å². The third-order valence-electron chi connectivity index (χ3n) is 1.82. The number of aromatic nitrogens is 2. The van der Waals surface area contributed by atoms with E-state index in [1.165, 1.54) is 6.07 Å². The Morgan fingerprint density at radius 2 is 2.27 bits per heavy atom. The molecule has 2 heterocycles. The Morgan fingerprint density at radius 1 is 1.53 bits per heavy atom. The largest absolute Gasteiger partial charge is 0.476 e. The average molecular weight is 207 g/mol. The van der Waals surface area contributed by atoms with Crippen LogP contribution in [0.25, 0.3) is 0 Å². The molecule has 0 aromatic carbocycles. The molecular formula is C9H9N3O3. The molecule has 0 aliphatic carbocycles. The molecular weight excluding hydrogens is 198 g/mol. The van der Waals surface area contributed by atoms with E-state index in [0.29, 0.717) is 12.3 Å². The maximum atomic E-state index is 10.5. The molecule has 0 spiro atoms. The van der Waals surface area contributed by atoms with Crippen LogP contribution in [0.5, 0.6) is 0 Å². The molecule has 15 heavy (non-hydrogen) atoms. The van der Waals surface area contributed by atoms with Crippen molar-refractivity contribution in [3.05, 3.63) is 42.0 Å². The van der Waals surface area contributed by atoms with Crippen LogP contribution in [0.4, 0.5) is 0 Å². The molecule has 2 aromatic heterocycles. The van der Waals surface area contributed by atoms with Crippen molar-refractivity contribution in [3.63, 3.8) is 0 Å². The second-order valence-corrected chi connectivity index (χ2v) is 2.91. The fraction of sp³-hybridized carbons (Fsp3) is 0.111. The average Bonchev–Trinajstić information content (AvgIpc) is 2.86. The maximum absolute atomic E-state index is 10.5. The first-order valence-electron chi connectivity index (χ1n) is 4.31. The van der Waals surface area contributed by atoms with Crippen LogP contribution in [-0.2, 0) is 6.54 Å². The number of hydrogen-bond acceptors (Lipinski definition) is 4. The van der Waals surface area contributed by atoms with Crippen LogP contribution in [0.3, 0.4) is 0 Å². The summed E-state index contributed by atoms with van der Waals surface area (Å²) in [4.78, 5) is 10.5. The van der Waals surface area contributed by atoms with Crippen molar-refractivity contribution >= 4 is 5.97 Å². The lowest BCUT2D eigenvalue weighted by Gasteiger charge is -2.03. The molecule has 0 unspecified atom stereocenters. The smallest absolute Gasteiger partial charge is 0.358 e. The number of nitrogens with one attached hydrogen (secondary N) is 1. The Bertz CT molecular complexity index is 447. The number of carboxylic acids is 1. The van der Waals surface area contributed by atoms with E-state index in [1.54, 1.807) is 4.68 Å². The highest BCUT2D eigenvalue weighted by Gasteiger charge is 2.09. The highest BCUT2D eigenvalue weighted by Crippen LogP contribution is 2.03. The summed E-state index contributed by atoms with van der Waals surface area (Å²) >= 11 is 0. The number of rotatable bonds is 4. The molecule has 0 saturated heterocycles. The van der Waals surface area contributed by atoms with Crippen LogP contribution in [-0.4, -0.2) is 20.9 Å². The molecule has 2 N–H and O–H groups in total. The van der Waals surface area contributed by atoms with Gasteiger partial charge in [-0.15, -0.1) is 0 Å². The van der Waals surface area contributed by atoms with Gasteiger partial charge in [0.05, 0.1) is 6.54 Å². The Labute approximate surface area is 85.1 Å². The van der Waals surface area contributed by atoms with E-state index < -0.39 is 5.97 Å². The molecule has 0 saturated carbocycles. The topological polar surface area (TPSA) is 80.3 Å². The van der Waals surface area contributed by atoms with Gasteiger partial charge in [0.15, 0.2) is 11.5 Å². The standard InChI is InChI=1S/C9H9N3O3/c13-9(14)8-5-7(15-11-8)6-10-12-3-1-2-4-12/h1-5,10H,6H2,(H,13,14). The second-order valence-electron chi connectivity index (χ2n) is 2.91. The third kappa shape index (κ3) is 2.16. The van der Waals surface area contributed by atoms with Crippen LogP contribution < -0.4 is 5.43 Å². The van der Waals surface area contributed by atoms with E-state index in [2.05, 4.69) is 10.6 Å². The molecule has 0 radical (unpaired) electrons. The quantitative estimate of drug-likeness (QED) is 0.779. The summed E-state index contributed by atoms with van der Waals surface area (Å²) in [6.45, 7) is 0.384. The van der Waals surface area contributed by atoms with Crippen LogP contribution in [0.2, 0.25) is 0 Å². The molecule has 0 atom stereocenters. The lowest BCUT2D eigenvalue weighted by molar-refractivity contribution is 0.0685. The number of carbonyl (C=O) groups is 1. The van der Waals surface area contributed by atoms with Crippen molar-refractivity contribution in [2.75, 3.05) is 5.43 Å². The summed E-state index contributed by atoms with van der Waals surface area (Å²) in [5.41, 5.74) is 2.90. The van der Waals surface area contributed by atoms with Gasteiger partial charge in [-0.1, -0.05) is 5.16 Å². The van der Waals surface area contributed by atoms with Gasteiger partial charge in [-0.25, -0.2) is 4.79 Å². The summed E-state index contributed by atoms with van der Waals surface area (Å²) in [7, 11) is 0. The minimum absolute atomic E-state index is 0.0840. The van der Waals surface area contributed by atoms with E-state index in [9.17, 15) is 4.79 Å². The lowest BCUT2D eigenvalue weighted by atomic mass is 10.4. The summed E-state index contributed by atoms with van der Waals surface area (Å²) in [5, 5.41) is 12.0. The Balaban J connectivity index is 1.96. The van der Waals surface area contributed by atoms with Gasteiger partial charge >= 0.3 is 5.97 Å². The first kappa shape index (κ1) is 9.32. The van der Waals surface area contributed by atoms with Gasteiger partial charge in [-0.2, -0.15) is 0 Å². The highest BCUT2D eigenvalue weighted by atomic mass is 16.5. The molecule has 0 amide bonds. The van der Waals surface area contributed by atoms with Gasteiger partial charge in [-0.3, -0.25) is 4.68 Å². The molecule has 0 bridgehead atoms. The molecule has 6 nitrogen and oxygen atoms in total. The molecule has 0 aliphatic rings. The minimum atomic E-state index is -1.09. The SMILES string of the molecule is O=C(O)c1cc(CNn2cccc2)on1.